The van der Waals surface area contributed by atoms with Gasteiger partial charge in [0.05, 0.1) is 0 Å². The van der Waals surface area contributed by atoms with E-state index in [-0.39, 0.29) is 11.7 Å². The highest BCUT2D eigenvalue weighted by Crippen LogP contribution is 2.20. The number of halogens is 1. The lowest BCUT2D eigenvalue weighted by Crippen LogP contribution is -2.28. The maximum atomic E-state index is 12.3. The van der Waals surface area contributed by atoms with E-state index in [1.807, 2.05) is 10.8 Å². The quantitative estimate of drug-likeness (QED) is 0.615. The molecule has 0 aromatic carbocycles. The number of carbonyl (C=O) groups excluding carboxylic acids is 2. The number of aromatic nitrogens is 1. The second kappa shape index (κ2) is 6.24. The highest BCUT2D eigenvalue weighted by Gasteiger charge is 2.27. The Kier molecular flexibility index (Phi) is 4.64. The van der Waals surface area contributed by atoms with Gasteiger partial charge in [-0.15, -0.1) is 11.6 Å². The Morgan fingerprint density at radius 2 is 2.05 bits per heavy atom. The van der Waals surface area contributed by atoms with Gasteiger partial charge in [-0.3, -0.25) is 9.59 Å². The van der Waals surface area contributed by atoms with Crippen LogP contribution in [0.4, 0.5) is 0 Å². The Bertz CT molecular complexity index is 482. The zero-order valence-corrected chi connectivity index (χ0v) is 11.9. The number of carbonyl (C=O) groups is 2. The fraction of sp³-hybridized carbons (Fsp3) is 0.571. The van der Waals surface area contributed by atoms with Crippen molar-refractivity contribution in [2.24, 2.45) is 0 Å². The number of fused-ring (bicyclic) bond motifs is 1. The zero-order valence-electron chi connectivity index (χ0n) is 11.2. The summed E-state index contributed by atoms with van der Waals surface area (Å²) < 4.78 is 1.91. The van der Waals surface area contributed by atoms with Gasteiger partial charge in [0.1, 0.15) is 5.69 Å². The number of unbranched alkanes of at least 4 members (excludes halogenated alkanes) is 2. The normalized spacial score (nSPS) is 15.6. The van der Waals surface area contributed by atoms with Crippen LogP contribution in [-0.4, -0.2) is 40.6 Å². The van der Waals surface area contributed by atoms with Crippen LogP contribution in [0.3, 0.4) is 0 Å². The fourth-order valence-electron chi connectivity index (χ4n) is 2.36. The molecule has 0 radical (unpaired) electrons. The standard InChI is InChI=1S/C14H19ClN2O2/c1-16-9-6-12(18)11-5-10-17(13(11)14(16)19)8-4-2-3-7-15/h5,10H,2-4,6-9H2,1H3. The van der Waals surface area contributed by atoms with Crippen molar-refractivity contribution in [3.63, 3.8) is 0 Å². The molecule has 0 bridgehead atoms. The lowest BCUT2D eigenvalue weighted by Gasteiger charge is -2.15. The smallest absolute Gasteiger partial charge is 0.270 e. The molecule has 0 unspecified atom stereocenters. The number of ketones is 1. The summed E-state index contributed by atoms with van der Waals surface area (Å²) in [5.41, 5.74) is 1.13. The third-order valence-corrected chi connectivity index (χ3v) is 3.79. The van der Waals surface area contributed by atoms with E-state index in [1.165, 1.54) is 0 Å². The van der Waals surface area contributed by atoms with Crippen molar-refractivity contribution in [2.75, 3.05) is 19.5 Å². The van der Waals surface area contributed by atoms with Crippen molar-refractivity contribution in [2.45, 2.75) is 32.2 Å². The number of Topliss-reactive ketones (excluding diaryl/α,β-unsaturated/α-hetero) is 1. The molecule has 0 atom stereocenters. The molecule has 0 spiro atoms. The van der Waals surface area contributed by atoms with Gasteiger partial charge < -0.3 is 9.47 Å². The first-order valence-electron chi connectivity index (χ1n) is 6.69. The molecular formula is C14H19ClN2O2. The lowest BCUT2D eigenvalue weighted by molar-refractivity contribution is 0.0787. The molecule has 1 aliphatic rings. The molecule has 1 aromatic rings. The first-order chi connectivity index (χ1) is 9.15. The van der Waals surface area contributed by atoms with E-state index in [4.69, 9.17) is 11.6 Å². The maximum absolute atomic E-state index is 12.3. The van der Waals surface area contributed by atoms with E-state index < -0.39 is 0 Å². The first kappa shape index (κ1) is 14.1. The van der Waals surface area contributed by atoms with E-state index >= 15 is 0 Å². The molecule has 0 fully saturated rings. The molecule has 19 heavy (non-hydrogen) atoms. The van der Waals surface area contributed by atoms with Gasteiger partial charge in [-0.1, -0.05) is 6.42 Å². The maximum Gasteiger partial charge on any atom is 0.270 e. The van der Waals surface area contributed by atoms with Crippen LogP contribution in [0, 0.1) is 0 Å². The lowest BCUT2D eigenvalue weighted by atomic mass is 10.1. The highest BCUT2D eigenvalue weighted by molar-refractivity contribution is 6.17. The van der Waals surface area contributed by atoms with E-state index in [0.29, 0.717) is 30.1 Å². The van der Waals surface area contributed by atoms with Crippen LogP contribution in [0.15, 0.2) is 12.3 Å². The van der Waals surface area contributed by atoms with Crippen LogP contribution in [0.2, 0.25) is 0 Å². The minimum atomic E-state index is -0.0526. The van der Waals surface area contributed by atoms with Crippen LogP contribution in [0.25, 0.3) is 0 Å². The summed E-state index contributed by atoms with van der Waals surface area (Å²) in [6, 6.07) is 1.77. The summed E-state index contributed by atoms with van der Waals surface area (Å²) in [5, 5.41) is 0. The van der Waals surface area contributed by atoms with Gasteiger partial charge in [-0.25, -0.2) is 0 Å². The monoisotopic (exact) mass is 282 g/mol. The molecule has 1 aliphatic heterocycles. The van der Waals surface area contributed by atoms with Crippen molar-refractivity contribution >= 4 is 23.3 Å². The Morgan fingerprint density at radius 1 is 1.26 bits per heavy atom. The van der Waals surface area contributed by atoms with Gasteiger partial charge in [0, 0.05) is 44.2 Å². The zero-order chi connectivity index (χ0) is 13.8. The number of hydrogen-bond donors (Lipinski definition) is 0. The van der Waals surface area contributed by atoms with Gasteiger partial charge >= 0.3 is 0 Å². The van der Waals surface area contributed by atoms with Gasteiger partial charge in [-0.2, -0.15) is 0 Å². The Labute approximate surface area is 118 Å². The van der Waals surface area contributed by atoms with Crippen molar-refractivity contribution in [3.8, 4) is 0 Å². The van der Waals surface area contributed by atoms with Crippen molar-refractivity contribution < 1.29 is 9.59 Å². The summed E-state index contributed by atoms with van der Waals surface area (Å²) in [7, 11) is 1.75. The molecule has 0 aliphatic carbocycles. The molecule has 1 aromatic heterocycles. The van der Waals surface area contributed by atoms with Crippen molar-refractivity contribution in [3.05, 3.63) is 23.5 Å². The number of rotatable bonds is 5. The molecule has 0 N–H and O–H groups in total. The van der Waals surface area contributed by atoms with Crippen LogP contribution in [-0.2, 0) is 6.54 Å². The van der Waals surface area contributed by atoms with Gasteiger partial charge in [-0.05, 0) is 18.9 Å². The molecule has 4 nitrogen and oxygen atoms in total. The number of aryl methyl sites for hydroxylation is 1. The third kappa shape index (κ3) is 3.00. The number of hydrogen-bond acceptors (Lipinski definition) is 2. The van der Waals surface area contributed by atoms with Gasteiger partial charge in [0.15, 0.2) is 5.78 Å². The van der Waals surface area contributed by atoms with E-state index in [1.54, 1.807) is 18.0 Å². The Morgan fingerprint density at radius 3 is 2.79 bits per heavy atom. The predicted octanol–water partition coefficient (Wildman–Crippen LogP) is 2.56. The van der Waals surface area contributed by atoms with E-state index in [2.05, 4.69) is 0 Å². The largest absolute Gasteiger partial charge is 0.343 e. The van der Waals surface area contributed by atoms with E-state index in [0.717, 1.165) is 25.8 Å². The average molecular weight is 283 g/mol. The van der Waals surface area contributed by atoms with Crippen LogP contribution in [0.5, 0.6) is 0 Å². The molecular weight excluding hydrogens is 264 g/mol. The molecule has 5 heteroatoms. The summed E-state index contributed by atoms with van der Waals surface area (Å²) in [6.07, 6.45) is 5.25. The highest BCUT2D eigenvalue weighted by atomic mass is 35.5. The average Bonchev–Trinajstić information content (AvgIpc) is 2.79. The van der Waals surface area contributed by atoms with Crippen molar-refractivity contribution in [1.82, 2.24) is 9.47 Å². The van der Waals surface area contributed by atoms with Crippen LogP contribution >= 0.6 is 11.6 Å². The second-order valence-corrected chi connectivity index (χ2v) is 5.30. The topological polar surface area (TPSA) is 42.3 Å². The SMILES string of the molecule is CN1CCC(=O)c2ccn(CCCCCCl)c2C1=O. The second-order valence-electron chi connectivity index (χ2n) is 4.92. The van der Waals surface area contributed by atoms with E-state index in [9.17, 15) is 9.59 Å². The number of amides is 1. The van der Waals surface area contributed by atoms with Gasteiger partial charge in [0.25, 0.3) is 5.91 Å². The molecule has 2 rings (SSSR count). The Balaban J connectivity index is 2.18. The predicted molar refractivity (Wildman–Crippen MR) is 74.9 cm³/mol. The summed E-state index contributed by atoms with van der Waals surface area (Å²) in [6.45, 7) is 1.26. The fourth-order valence-corrected chi connectivity index (χ4v) is 2.55. The minimum Gasteiger partial charge on any atom is -0.343 e. The molecule has 104 valence electrons. The summed E-state index contributed by atoms with van der Waals surface area (Å²) in [4.78, 5) is 25.9. The van der Waals surface area contributed by atoms with Gasteiger partial charge in [0.2, 0.25) is 0 Å². The van der Waals surface area contributed by atoms with Crippen LogP contribution < -0.4 is 0 Å². The molecule has 2 heterocycles. The number of alkyl halides is 1. The third-order valence-electron chi connectivity index (χ3n) is 3.52. The van der Waals surface area contributed by atoms with Crippen molar-refractivity contribution in [1.29, 1.82) is 0 Å². The molecule has 0 saturated carbocycles. The summed E-state index contributed by atoms with van der Waals surface area (Å²) >= 11 is 5.65. The Hall–Kier alpha value is -1.29. The van der Waals surface area contributed by atoms with Crippen LogP contribution in [0.1, 0.15) is 46.5 Å². The first-order valence-corrected chi connectivity index (χ1v) is 7.22. The molecule has 0 saturated heterocycles. The molecule has 1 amide bonds. The summed E-state index contributed by atoms with van der Waals surface area (Å²) in [5.74, 6) is 0.680. The minimum absolute atomic E-state index is 0.0526. The number of nitrogens with zero attached hydrogens (tertiary/aromatic N) is 2.